The van der Waals surface area contributed by atoms with E-state index in [4.69, 9.17) is 9.47 Å². The summed E-state index contributed by atoms with van der Waals surface area (Å²) in [6.45, 7) is 2.25. The first-order chi connectivity index (χ1) is 12.6. The Balaban J connectivity index is 1.99. The van der Waals surface area contributed by atoms with Crippen molar-refractivity contribution in [2.45, 2.75) is 90.4 Å². The number of esters is 2. The van der Waals surface area contributed by atoms with Crippen molar-refractivity contribution in [3.63, 3.8) is 0 Å². The van der Waals surface area contributed by atoms with Gasteiger partial charge in [0, 0.05) is 0 Å². The third kappa shape index (κ3) is 4.43. The fourth-order valence-electron chi connectivity index (χ4n) is 5.65. The van der Waals surface area contributed by atoms with Gasteiger partial charge in [0.25, 0.3) is 0 Å². The maximum atomic E-state index is 12.7. The Morgan fingerprint density at radius 1 is 0.885 bits per heavy atom. The summed E-state index contributed by atoms with van der Waals surface area (Å²) >= 11 is 0. The van der Waals surface area contributed by atoms with Crippen LogP contribution in [0.1, 0.15) is 90.4 Å². The standard InChI is InChI=1S/C22H38O4/c1-4-5-6-7-8-9-10-13-17-16-22(20(23)25-2,21(24)26-3)19-15-12-11-14-18(17)19/h17-19H,4-16H2,1-3H3. The molecule has 0 aromatic carbocycles. The van der Waals surface area contributed by atoms with Crippen LogP contribution >= 0.6 is 0 Å². The molecule has 26 heavy (non-hydrogen) atoms. The van der Waals surface area contributed by atoms with E-state index in [1.165, 1.54) is 65.6 Å². The van der Waals surface area contributed by atoms with Crippen LogP contribution in [-0.4, -0.2) is 26.2 Å². The number of unbranched alkanes of at least 4 members (excludes halogenated alkanes) is 6. The summed E-state index contributed by atoms with van der Waals surface area (Å²) in [4.78, 5) is 25.4. The predicted octanol–water partition coefficient (Wildman–Crippen LogP) is 5.29. The van der Waals surface area contributed by atoms with Crippen molar-refractivity contribution in [3.05, 3.63) is 0 Å². The van der Waals surface area contributed by atoms with Crippen molar-refractivity contribution in [3.8, 4) is 0 Å². The Kier molecular flexibility index (Phi) is 8.43. The summed E-state index contributed by atoms with van der Waals surface area (Å²) < 4.78 is 10.2. The minimum absolute atomic E-state index is 0.103. The number of carbonyl (C=O) groups excluding carboxylic acids is 2. The van der Waals surface area contributed by atoms with Gasteiger partial charge in [0.05, 0.1) is 14.2 Å². The molecule has 0 saturated heterocycles. The lowest BCUT2D eigenvalue weighted by Crippen LogP contribution is -2.46. The number of fused-ring (bicyclic) bond motifs is 1. The fraction of sp³-hybridized carbons (Fsp3) is 0.909. The van der Waals surface area contributed by atoms with Gasteiger partial charge in [-0.25, -0.2) is 0 Å². The zero-order valence-electron chi connectivity index (χ0n) is 17.1. The van der Waals surface area contributed by atoms with Gasteiger partial charge in [-0.3, -0.25) is 9.59 Å². The van der Waals surface area contributed by atoms with Gasteiger partial charge in [-0.15, -0.1) is 0 Å². The molecule has 3 atom stereocenters. The van der Waals surface area contributed by atoms with E-state index in [2.05, 4.69) is 6.92 Å². The molecule has 4 heteroatoms. The molecule has 0 heterocycles. The van der Waals surface area contributed by atoms with E-state index in [-0.39, 0.29) is 17.9 Å². The van der Waals surface area contributed by atoms with Gasteiger partial charge in [0.2, 0.25) is 0 Å². The predicted molar refractivity (Wildman–Crippen MR) is 103 cm³/mol. The summed E-state index contributed by atoms with van der Waals surface area (Å²) in [7, 11) is 2.79. The zero-order valence-corrected chi connectivity index (χ0v) is 17.1. The number of carbonyl (C=O) groups is 2. The van der Waals surface area contributed by atoms with Crippen LogP contribution in [0.5, 0.6) is 0 Å². The fourth-order valence-corrected chi connectivity index (χ4v) is 5.65. The highest BCUT2D eigenvalue weighted by Crippen LogP contribution is 2.58. The van der Waals surface area contributed by atoms with E-state index < -0.39 is 5.41 Å². The molecule has 0 N–H and O–H groups in total. The molecule has 0 radical (unpaired) electrons. The Morgan fingerprint density at radius 3 is 2.08 bits per heavy atom. The van der Waals surface area contributed by atoms with Crippen molar-refractivity contribution in [2.75, 3.05) is 14.2 Å². The lowest BCUT2D eigenvalue weighted by atomic mass is 9.69. The normalized spacial score (nSPS) is 27.0. The molecular weight excluding hydrogens is 328 g/mol. The first-order valence-electron chi connectivity index (χ1n) is 10.8. The Bertz CT molecular complexity index is 443. The second kappa shape index (κ2) is 10.3. The summed E-state index contributed by atoms with van der Waals surface area (Å²) in [5, 5.41) is 0. The highest BCUT2D eigenvalue weighted by molar-refractivity contribution is 6.01. The van der Waals surface area contributed by atoms with E-state index in [9.17, 15) is 9.59 Å². The van der Waals surface area contributed by atoms with E-state index >= 15 is 0 Å². The van der Waals surface area contributed by atoms with Gasteiger partial charge in [-0.2, -0.15) is 0 Å². The summed E-state index contributed by atoms with van der Waals surface area (Å²) in [5.41, 5.74) is -1.06. The van der Waals surface area contributed by atoms with Gasteiger partial charge >= 0.3 is 11.9 Å². The molecule has 2 aliphatic rings. The molecule has 0 amide bonds. The molecule has 0 aromatic rings. The summed E-state index contributed by atoms with van der Waals surface area (Å²) in [6, 6.07) is 0. The van der Waals surface area contributed by atoms with E-state index in [0.29, 0.717) is 18.3 Å². The first kappa shape index (κ1) is 21.2. The first-order valence-corrected chi connectivity index (χ1v) is 10.8. The van der Waals surface area contributed by atoms with Crippen LogP contribution in [-0.2, 0) is 19.1 Å². The maximum absolute atomic E-state index is 12.7. The lowest BCUT2D eigenvalue weighted by Gasteiger charge is -2.35. The molecule has 2 rings (SSSR count). The second-order valence-corrected chi connectivity index (χ2v) is 8.38. The van der Waals surface area contributed by atoms with Gasteiger partial charge in [0.15, 0.2) is 5.41 Å². The van der Waals surface area contributed by atoms with Crippen LogP contribution in [0, 0.1) is 23.2 Å². The third-order valence-corrected chi connectivity index (χ3v) is 6.92. The second-order valence-electron chi connectivity index (χ2n) is 8.38. The molecule has 2 aliphatic carbocycles. The van der Waals surface area contributed by atoms with E-state index in [1.807, 2.05) is 0 Å². The number of hydrogen-bond acceptors (Lipinski definition) is 4. The van der Waals surface area contributed by atoms with Crippen LogP contribution in [0.3, 0.4) is 0 Å². The molecule has 3 unspecified atom stereocenters. The smallest absolute Gasteiger partial charge is 0.323 e. The van der Waals surface area contributed by atoms with E-state index in [1.54, 1.807) is 0 Å². The summed E-state index contributed by atoms with van der Waals surface area (Å²) in [5.74, 6) is 0.286. The molecule has 4 nitrogen and oxygen atoms in total. The number of hydrogen-bond donors (Lipinski definition) is 0. The Morgan fingerprint density at radius 2 is 1.46 bits per heavy atom. The van der Waals surface area contributed by atoms with Crippen LogP contribution in [0.4, 0.5) is 0 Å². The van der Waals surface area contributed by atoms with Crippen molar-refractivity contribution in [1.82, 2.24) is 0 Å². The molecule has 0 aromatic heterocycles. The zero-order chi connectivity index (χ0) is 19.0. The average Bonchev–Trinajstić information content (AvgIpc) is 3.01. The molecule has 0 aliphatic heterocycles. The maximum Gasteiger partial charge on any atom is 0.323 e. The van der Waals surface area contributed by atoms with E-state index in [0.717, 1.165) is 25.7 Å². The van der Waals surface area contributed by atoms with Crippen LogP contribution in [0.15, 0.2) is 0 Å². The Labute approximate surface area is 159 Å². The quantitative estimate of drug-likeness (QED) is 0.300. The largest absolute Gasteiger partial charge is 0.468 e. The minimum Gasteiger partial charge on any atom is -0.468 e. The topological polar surface area (TPSA) is 52.6 Å². The highest BCUT2D eigenvalue weighted by Gasteiger charge is 2.63. The van der Waals surface area contributed by atoms with Gasteiger partial charge in [-0.1, -0.05) is 71.1 Å². The molecule has 0 spiro atoms. The van der Waals surface area contributed by atoms with Gasteiger partial charge in [0.1, 0.15) is 0 Å². The Hall–Kier alpha value is -1.06. The van der Waals surface area contributed by atoms with Crippen molar-refractivity contribution in [1.29, 1.82) is 0 Å². The number of rotatable bonds is 10. The summed E-state index contributed by atoms with van der Waals surface area (Å²) in [6.07, 6.45) is 15.2. The number of methoxy groups -OCH3 is 2. The van der Waals surface area contributed by atoms with Gasteiger partial charge in [-0.05, 0) is 37.0 Å². The van der Waals surface area contributed by atoms with Crippen LogP contribution in [0.25, 0.3) is 0 Å². The molecule has 2 saturated carbocycles. The molecule has 150 valence electrons. The molecule has 0 bridgehead atoms. The van der Waals surface area contributed by atoms with Crippen molar-refractivity contribution >= 4 is 11.9 Å². The van der Waals surface area contributed by atoms with Crippen LogP contribution in [0.2, 0.25) is 0 Å². The number of ether oxygens (including phenoxy) is 2. The minimum atomic E-state index is -1.06. The third-order valence-electron chi connectivity index (χ3n) is 6.92. The lowest BCUT2D eigenvalue weighted by molar-refractivity contribution is -0.173. The SMILES string of the molecule is CCCCCCCCCC1CC(C(=O)OC)(C(=O)OC)C2CCCCC12. The highest BCUT2D eigenvalue weighted by atomic mass is 16.5. The van der Waals surface area contributed by atoms with Gasteiger partial charge < -0.3 is 9.47 Å². The van der Waals surface area contributed by atoms with Crippen LogP contribution < -0.4 is 0 Å². The average molecular weight is 367 g/mol. The molecule has 2 fully saturated rings. The monoisotopic (exact) mass is 366 g/mol. The van der Waals surface area contributed by atoms with Crippen molar-refractivity contribution in [2.24, 2.45) is 23.2 Å². The molecular formula is C22H38O4. The van der Waals surface area contributed by atoms with Crippen molar-refractivity contribution < 1.29 is 19.1 Å².